The van der Waals surface area contributed by atoms with Crippen LogP contribution in [0.4, 0.5) is 11.4 Å². The SMILES string of the molecule is CCNc1ccc(S(=O)(=O)N2CCOCC2)cc1NC(=O)C1CCNCC1.Cl. The Morgan fingerprint density at radius 1 is 1.21 bits per heavy atom. The van der Waals surface area contributed by atoms with Gasteiger partial charge in [0.05, 0.1) is 29.5 Å². The van der Waals surface area contributed by atoms with Gasteiger partial charge < -0.3 is 20.7 Å². The van der Waals surface area contributed by atoms with Gasteiger partial charge in [0.1, 0.15) is 0 Å². The number of carbonyl (C=O) groups is 1. The first kappa shape index (κ1) is 22.9. The summed E-state index contributed by atoms with van der Waals surface area (Å²) in [5.74, 6) is -0.114. The first-order chi connectivity index (χ1) is 13.0. The largest absolute Gasteiger partial charge is 0.384 e. The standard InChI is InChI=1S/C18H28N4O4S.ClH/c1-2-20-16-4-3-15(27(24,25)22-9-11-26-12-10-22)13-17(16)21-18(23)14-5-7-19-8-6-14;/h3-4,13-14,19-20H,2,5-12H2,1H3,(H,21,23);1H. The van der Waals surface area contributed by atoms with E-state index in [4.69, 9.17) is 4.74 Å². The van der Waals surface area contributed by atoms with Crippen LogP contribution in [0, 0.1) is 5.92 Å². The minimum atomic E-state index is -3.61. The van der Waals surface area contributed by atoms with E-state index in [1.807, 2.05) is 6.92 Å². The molecule has 2 saturated heterocycles. The van der Waals surface area contributed by atoms with E-state index in [2.05, 4.69) is 16.0 Å². The molecular formula is C18H29ClN4O4S. The molecule has 0 saturated carbocycles. The minimum Gasteiger partial charge on any atom is -0.384 e. The Kier molecular flexibility index (Phi) is 8.51. The molecule has 0 spiro atoms. The Labute approximate surface area is 172 Å². The molecule has 28 heavy (non-hydrogen) atoms. The lowest BCUT2D eigenvalue weighted by Crippen LogP contribution is -2.40. The Morgan fingerprint density at radius 3 is 2.54 bits per heavy atom. The Hall–Kier alpha value is -1.39. The van der Waals surface area contributed by atoms with E-state index in [9.17, 15) is 13.2 Å². The molecule has 1 aromatic carbocycles. The second-order valence-electron chi connectivity index (χ2n) is 6.77. The fraction of sp³-hybridized carbons (Fsp3) is 0.611. The maximum Gasteiger partial charge on any atom is 0.243 e. The molecule has 2 aliphatic heterocycles. The summed E-state index contributed by atoms with van der Waals surface area (Å²) in [7, 11) is -3.61. The van der Waals surface area contributed by atoms with Crippen molar-refractivity contribution >= 4 is 39.7 Å². The zero-order chi connectivity index (χ0) is 19.3. The Morgan fingerprint density at radius 2 is 1.89 bits per heavy atom. The van der Waals surface area contributed by atoms with Crippen LogP contribution in [0.3, 0.4) is 0 Å². The van der Waals surface area contributed by atoms with Gasteiger partial charge in [0.15, 0.2) is 0 Å². The Balaban J connectivity index is 0.00000280. The normalized spacial score (nSPS) is 18.9. The zero-order valence-electron chi connectivity index (χ0n) is 16.1. The van der Waals surface area contributed by atoms with E-state index in [-0.39, 0.29) is 29.1 Å². The third kappa shape index (κ3) is 5.36. The van der Waals surface area contributed by atoms with Crippen molar-refractivity contribution in [3.8, 4) is 0 Å². The number of rotatable bonds is 6. The zero-order valence-corrected chi connectivity index (χ0v) is 17.7. The first-order valence-electron chi connectivity index (χ1n) is 9.49. The molecule has 1 aromatic rings. The molecule has 2 fully saturated rings. The summed E-state index contributed by atoms with van der Waals surface area (Å²) in [6.07, 6.45) is 1.57. The van der Waals surface area contributed by atoms with E-state index in [1.165, 1.54) is 4.31 Å². The number of halogens is 1. The van der Waals surface area contributed by atoms with Crippen molar-refractivity contribution in [1.82, 2.24) is 9.62 Å². The number of morpholine rings is 1. The minimum absolute atomic E-state index is 0. The van der Waals surface area contributed by atoms with Crippen LogP contribution in [0.2, 0.25) is 0 Å². The van der Waals surface area contributed by atoms with Gasteiger partial charge in [0, 0.05) is 25.6 Å². The molecule has 3 rings (SSSR count). The number of nitrogens with zero attached hydrogens (tertiary/aromatic N) is 1. The maximum atomic E-state index is 12.9. The predicted octanol–water partition coefficient (Wildman–Crippen LogP) is 1.50. The van der Waals surface area contributed by atoms with Gasteiger partial charge in [-0.25, -0.2) is 8.42 Å². The molecular weight excluding hydrogens is 404 g/mol. The van der Waals surface area contributed by atoms with Gasteiger partial charge in [-0.2, -0.15) is 4.31 Å². The number of anilines is 2. The topological polar surface area (TPSA) is 99.8 Å². The van der Waals surface area contributed by atoms with Crippen molar-refractivity contribution in [2.45, 2.75) is 24.7 Å². The van der Waals surface area contributed by atoms with Crippen LogP contribution in [0.15, 0.2) is 23.1 Å². The van der Waals surface area contributed by atoms with Crippen molar-refractivity contribution in [2.24, 2.45) is 5.92 Å². The molecule has 0 radical (unpaired) electrons. The van der Waals surface area contributed by atoms with Crippen molar-refractivity contribution in [2.75, 3.05) is 56.6 Å². The molecule has 3 N–H and O–H groups in total. The van der Waals surface area contributed by atoms with E-state index in [1.54, 1.807) is 18.2 Å². The average molecular weight is 433 g/mol. The van der Waals surface area contributed by atoms with Crippen LogP contribution in [-0.2, 0) is 19.6 Å². The number of sulfonamides is 1. The van der Waals surface area contributed by atoms with Crippen LogP contribution >= 0.6 is 12.4 Å². The molecule has 0 aliphatic carbocycles. The van der Waals surface area contributed by atoms with E-state index < -0.39 is 10.0 Å². The number of amides is 1. The third-order valence-corrected chi connectivity index (χ3v) is 6.83. The number of nitrogens with one attached hydrogen (secondary N) is 3. The van der Waals surface area contributed by atoms with Crippen LogP contribution < -0.4 is 16.0 Å². The van der Waals surface area contributed by atoms with Gasteiger partial charge in [0.2, 0.25) is 15.9 Å². The highest BCUT2D eigenvalue weighted by molar-refractivity contribution is 7.89. The molecule has 0 aromatic heterocycles. The number of piperidine rings is 1. The number of ether oxygens (including phenoxy) is 1. The second kappa shape index (κ2) is 10.4. The van der Waals surface area contributed by atoms with E-state index >= 15 is 0 Å². The number of benzene rings is 1. The van der Waals surface area contributed by atoms with Crippen molar-refractivity contribution in [3.05, 3.63) is 18.2 Å². The van der Waals surface area contributed by atoms with Crippen LogP contribution in [-0.4, -0.2) is 64.6 Å². The average Bonchev–Trinajstić information content (AvgIpc) is 2.70. The summed E-state index contributed by atoms with van der Waals surface area (Å²) < 4.78 is 32.5. The highest BCUT2D eigenvalue weighted by atomic mass is 35.5. The lowest BCUT2D eigenvalue weighted by Gasteiger charge is -2.27. The van der Waals surface area contributed by atoms with Gasteiger partial charge in [0.25, 0.3) is 0 Å². The van der Waals surface area contributed by atoms with E-state index in [0.29, 0.717) is 38.5 Å². The monoisotopic (exact) mass is 432 g/mol. The predicted molar refractivity (Wildman–Crippen MR) is 112 cm³/mol. The van der Waals surface area contributed by atoms with Gasteiger partial charge in [-0.3, -0.25) is 4.79 Å². The number of hydrogen-bond donors (Lipinski definition) is 3. The third-order valence-electron chi connectivity index (χ3n) is 4.93. The summed E-state index contributed by atoms with van der Waals surface area (Å²) in [6, 6.07) is 4.86. The van der Waals surface area contributed by atoms with Crippen LogP contribution in [0.25, 0.3) is 0 Å². The Bertz CT molecular complexity index is 763. The summed E-state index contributed by atoms with van der Waals surface area (Å²) >= 11 is 0. The van der Waals surface area contributed by atoms with Crippen molar-refractivity contribution in [1.29, 1.82) is 0 Å². The fourth-order valence-electron chi connectivity index (χ4n) is 3.39. The molecule has 10 heteroatoms. The summed E-state index contributed by atoms with van der Waals surface area (Å²) in [5, 5.41) is 9.37. The first-order valence-corrected chi connectivity index (χ1v) is 10.9. The van der Waals surface area contributed by atoms with E-state index in [0.717, 1.165) is 31.6 Å². The second-order valence-corrected chi connectivity index (χ2v) is 8.71. The van der Waals surface area contributed by atoms with Crippen molar-refractivity contribution < 1.29 is 17.9 Å². The van der Waals surface area contributed by atoms with Crippen LogP contribution in [0.5, 0.6) is 0 Å². The molecule has 2 aliphatic rings. The smallest absolute Gasteiger partial charge is 0.243 e. The quantitative estimate of drug-likeness (QED) is 0.630. The molecule has 158 valence electrons. The summed E-state index contributed by atoms with van der Waals surface area (Å²) in [6.45, 7) is 5.75. The highest BCUT2D eigenvalue weighted by Gasteiger charge is 2.28. The summed E-state index contributed by atoms with van der Waals surface area (Å²) in [5.41, 5.74) is 1.23. The van der Waals surface area contributed by atoms with Gasteiger partial charge in [-0.05, 0) is 51.1 Å². The van der Waals surface area contributed by atoms with Crippen LogP contribution in [0.1, 0.15) is 19.8 Å². The molecule has 0 atom stereocenters. The highest BCUT2D eigenvalue weighted by Crippen LogP contribution is 2.28. The summed E-state index contributed by atoms with van der Waals surface area (Å²) in [4.78, 5) is 12.8. The molecule has 8 nitrogen and oxygen atoms in total. The van der Waals surface area contributed by atoms with Gasteiger partial charge in [-0.1, -0.05) is 0 Å². The fourth-order valence-corrected chi connectivity index (χ4v) is 4.82. The van der Waals surface area contributed by atoms with Gasteiger partial charge in [-0.15, -0.1) is 12.4 Å². The molecule has 1 amide bonds. The molecule has 0 bridgehead atoms. The number of hydrogen-bond acceptors (Lipinski definition) is 6. The number of carbonyl (C=O) groups excluding carboxylic acids is 1. The maximum absolute atomic E-state index is 12.9. The molecule has 2 heterocycles. The molecule has 0 unspecified atom stereocenters. The lowest BCUT2D eigenvalue weighted by atomic mass is 9.97. The van der Waals surface area contributed by atoms with Gasteiger partial charge >= 0.3 is 0 Å². The lowest BCUT2D eigenvalue weighted by molar-refractivity contribution is -0.120. The van der Waals surface area contributed by atoms with Crippen molar-refractivity contribution in [3.63, 3.8) is 0 Å².